The first kappa shape index (κ1) is 16.8. The van der Waals surface area contributed by atoms with Crippen LogP contribution in [0.4, 0.5) is 5.69 Å². The molecule has 1 aliphatic carbocycles. The highest BCUT2D eigenvalue weighted by atomic mass is 16.5. The molecule has 22 heavy (non-hydrogen) atoms. The molecule has 4 nitrogen and oxygen atoms in total. The van der Waals surface area contributed by atoms with Gasteiger partial charge in [-0.25, -0.2) is 0 Å². The maximum Gasteiger partial charge on any atom is 0.256 e. The molecule has 0 unspecified atom stereocenters. The fourth-order valence-corrected chi connectivity index (χ4v) is 2.84. The molecule has 1 aromatic rings. The van der Waals surface area contributed by atoms with E-state index in [1.54, 1.807) is 0 Å². The van der Waals surface area contributed by atoms with Crippen LogP contribution in [0.1, 0.15) is 52.9 Å². The van der Waals surface area contributed by atoms with Crippen LogP contribution in [0, 0.1) is 0 Å². The monoisotopic (exact) mass is 305 g/mol. The second-order valence-electron chi connectivity index (χ2n) is 5.95. The summed E-state index contributed by atoms with van der Waals surface area (Å²) in [6.45, 7) is 6.64. The molecule has 1 saturated carbocycles. The van der Waals surface area contributed by atoms with Crippen LogP contribution < -0.4 is 10.1 Å². The fourth-order valence-electron chi connectivity index (χ4n) is 2.84. The first-order chi connectivity index (χ1) is 10.6. The number of carbonyl (C=O) groups is 1. The van der Waals surface area contributed by atoms with Gasteiger partial charge in [-0.3, -0.25) is 4.79 Å². The number of anilines is 1. The second-order valence-corrected chi connectivity index (χ2v) is 5.95. The van der Waals surface area contributed by atoms with Crippen LogP contribution in [0.5, 0.6) is 5.75 Å². The summed E-state index contributed by atoms with van der Waals surface area (Å²) in [5.74, 6) is 0.801. The van der Waals surface area contributed by atoms with Crippen LogP contribution in [0.15, 0.2) is 24.3 Å². The lowest BCUT2D eigenvalue weighted by molar-refractivity contribution is -0.140. The Hall–Kier alpha value is -1.55. The van der Waals surface area contributed by atoms with E-state index < -0.39 is 5.60 Å². The Labute approximate surface area is 133 Å². The maximum atomic E-state index is 12.6. The molecule has 0 spiro atoms. The molecule has 1 aromatic carbocycles. The van der Waals surface area contributed by atoms with Gasteiger partial charge in [-0.1, -0.05) is 6.92 Å². The van der Waals surface area contributed by atoms with Gasteiger partial charge >= 0.3 is 0 Å². The van der Waals surface area contributed by atoms with E-state index in [-0.39, 0.29) is 12.0 Å². The van der Waals surface area contributed by atoms with Crippen LogP contribution in [0.3, 0.4) is 0 Å². The van der Waals surface area contributed by atoms with Gasteiger partial charge in [-0.05, 0) is 70.2 Å². The molecule has 0 saturated heterocycles. The zero-order chi connectivity index (χ0) is 16.0. The Morgan fingerprint density at radius 1 is 1.23 bits per heavy atom. The molecule has 1 fully saturated rings. The summed E-state index contributed by atoms with van der Waals surface area (Å²) in [4.78, 5) is 12.6. The zero-order valence-electron chi connectivity index (χ0n) is 13.9. The van der Waals surface area contributed by atoms with Gasteiger partial charge in [0.15, 0.2) is 0 Å². The van der Waals surface area contributed by atoms with Crippen LogP contribution in [0.25, 0.3) is 0 Å². The van der Waals surface area contributed by atoms with E-state index in [0.717, 1.165) is 43.5 Å². The molecule has 0 aliphatic heterocycles. The van der Waals surface area contributed by atoms with Crippen molar-refractivity contribution in [3.63, 3.8) is 0 Å². The normalized spacial score (nSPS) is 18.0. The van der Waals surface area contributed by atoms with Gasteiger partial charge in [0.2, 0.25) is 0 Å². The summed E-state index contributed by atoms with van der Waals surface area (Å²) in [6.07, 6.45) is 4.88. The molecule has 4 heteroatoms. The third kappa shape index (κ3) is 4.01. The predicted molar refractivity (Wildman–Crippen MR) is 88.3 cm³/mol. The van der Waals surface area contributed by atoms with Gasteiger partial charge in [0, 0.05) is 12.3 Å². The number of ether oxygens (including phenoxy) is 2. The molecule has 1 N–H and O–H groups in total. The molecule has 0 radical (unpaired) electrons. The highest BCUT2D eigenvalue weighted by Gasteiger charge is 2.41. The SMILES string of the molecule is CCOC1(C(=O)Nc2ccc(O[C@H](C)CC)cc2)CCCC1. The third-order valence-corrected chi connectivity index (χ3v) is 4.27. The van der Waals surface area contributed by atoms with Crippen molar-refractivity contribution in [3.8, 4) is 5.75 Å². The zero-order valence-corrected chi connectivity index (χ0v) is 13.9. The Morgan fingerprint density at radius 3 is 2.41 bits per heavy atom. The van der Waals surface area contributed by atoms with Crippen molar-refractivity contribution in [1.82, 2.24) is 0 Å². The minimum atomic E-state index is -0.638. The third-order valence-electron chi connectivity index (χ3n) is 4.27. The second kappa shape index (κ2) is 7.63. The molecule has 122 valence electrons. The largest absolute Gasteiger partial charge is 0.491 e. The summed E-state index contributed by atoms with van der Waals surface area (Å²) in [6, 6.07) is 7.54. The summed E-state index contributed by atoms with van der Waals surface area (Å²) in [7, 11) is 0. The van der Waals surface area contributed by atoms with Crippen LogP contribution in [-0.4, -0.2) is 24.2 Å². The number of carbonyl (C=O) groups excluding carboxylic acids is 1. The standard InChI is InChI=1S/C18H27NO3/c1-4-14(3)22-16-10-8-15(9-11-16)19-17(20)18(21-5-2)12-6-7-13-18/h8-11,14H,4-7,12-13H2,1-3H3,(H,19,20)/t14-/m1/s1. The Balaban J connectivity index is 1.99. The highest BCUT2D eigenvalue weighted by Crippen LogP contribution is 2.34. The Bertz CT molecular complexity index is 478. The molecule has 1 amide bonds. The van der Waals surface area contributed by atoms with E-state index in [1.165, 1.54) is 0 Å². The molecule has 0 bridgehead atoms. The fraction of sp³-hybridized carbons (Fsp3) is 0.611. The van der Waals surface area contributed by atoms with Crippen LogP contribution >= 0.6 is 0 Å². The highest BCUT2D eigenvalue weighted by molar-refractivity contribution is 5.97. The number of rotatable bonds is 7. The molecule has 2 rings (SSSR count). The Kier molecular flexibility index (Phi) is 5.83. The molecular weight excluding hydrogens is 278 g/mol. The average Bonchev–Trinajstić information content (AvgIpc) is 2.99. The number of benzene rings is 1. The topological polar surface area (TPSA) is 47.6 Å². The van der Waals surface area contributed by atoms with Gasteiger partial charge in [0.05, 0.1) is 6.10 Å². The first-order valence-electron chi connectivity index (χ1n) is 8.32. The van der Waals surface area contributed by atoms with Gasteiger partial charge in [0.25, 0.3) is 5.91 Å². The molecular formula is C18H27NO3. The number of hydrogen-bond acceptors (Lipinski definition) is 3. The molecule has 0 aromatic heterocycles. The maximum absolute atomic E-state index is 12.6. The summed E-state index contributed by atoms with van der Waals surface area (Å²) < 4.78 is 11.5. The number of amides is 1. The number of hydrogen-bond donors (Lipinski definition) is 1. The van der Waals surface area contributed by atoms with Gasteiger partial charge < -0.3 is 14.8 Å². The number of nitrogens with one attached hydrogen (secondary N) is 1. The van der Waals surface area contributed by atoms with Crippen LogP contribution in [0.2, 0.25) is 0 Å². The van der Waals surface area contributed by atoms with Crippen molar-refractivity contribution in [3.05, 3.63) is 24.3 Å². The molecule has 1 aliphatic rings. The lowest BCUT2D eigenvalue weighted by Gasteiger charge is -2.27. The summed E-state index contributed by atoms with van der Waals surface area (Å²) in [5, 5.41) is 2.98. The van der Waals surface area contributed by atoms with Gasteiger partial charge in [-0.2, -0.15) is 0 Å². The van der Waals surface area contributed by atoms with E-state index in [0.29, 0.717) is 6.61 Å². The summed E-state index contributed by atoms with van der Waals surface area (Å²) >= 11 is 0. The lowest BCUT2D eigenvalue weighted by Crippen LogP contribution is -2.43. The molecule has 1 atom stereocenters. The van der Waals surface area contributed by atoms with Crippen molar-refractivity contribution in [2.75, 3.05) is 11.9 Å². The minimum absolute atomic E-state index is 0.0255. The van der Waals surface area contributed by atoms with Gasteiger partial charge in [0.1, 0.15) is 11.4 Å². The van der Waals surface area contributed by atoms with Crippen molar-refractivity contribution >= 4 is 11.6 Å². The van der Waals surface area contributed by atoms with Crippen molar-refractivity contribution < 1.29 is 14.3 Å². The minimum Gasteiger partial charge on any atom is -0.491 e. The van der Waals surface area contributed by atoms with E-state index in [4.69, 9.17) is 9.47 Å². The predicted octanol–water partition coefficient (Wildman–Crippen LogP) is 4.15. The quantitative estimate of drug-likeness (QED) is 0.823. The molecule has 0 heterocycles. The van der Waals surface area contributed by atoms with E-state index in [2.05, 4.69) is 12.2 Å². The van der Waals surface area contributed by atoms with Crippen molar-refractivity contribution in [2.45, 2.75) is 64.6 Å². The van der Waals surface area contributed by atoms with Crippen molar-refractivity contribution in [2.24, 2.45) is 0 Å². The Morgan fingerprint density at radius 2 is 1.86 bits per heavy atom. The van der Waals surface area contributed by atoms with E-state index in [9.17, 15) is 4.79 Å². The van der Waals surface area contributed by atoms with Crippen molar-refractivity contribution in [1.29, 1.82) is 0 Å². The van der Waals surface area contributed by atoms with Crippen LogP contribution in [-0.2, 0) is 9.53 Å². The smallest absolute Gasteiger partial charge is 0.256 e. The van der Waals surface area contributed by atoms with E-state index >= 15 is 0 Å². The van der Waals surface area contributed by atoms with Gasteiger partial charge in [-0.15, -0.1) is 0 Å². The van der Waals surface area contributed by atoms with E-state index in [1.807, 2.05) is 38.1 Å². The lowest BCUT2D eigenvalue weighted by atomic mass is 10.0. The average molecular weight is 305 g/mol. The first-order valence-corrected chi connectivity index (χ1v) is 8.32. The summed E-state index contributed by atoms with van der Waals surface area (Å²) in [5.41, 5.74) is 0.146.